The molecule has 0 aliphatic heterocycles. The quantitative estimate of drug-likeness (QED) is 0.0777. The Labute approximate surface area is 263 Å². The van der Waals surface area contributed by atoms with E-state index in [0.717, 1.165) is 29.3 Å². The summed E-state index contributed by atoms with van der Waals surface area (Å²) in [4.78, 5) is 0. The van der Waals surface area contributed by atoms with Crippen LogP contribution in [0.1, 0.15) is 23.1 Å². The molecule has 6 aromatic carbocycles. The Morgan fingerprint density at radius 1 is 0.419 bits per heavy atom. The molecule has 0 spiro atoms. The van der Waals surface area contributed by atoms with Crippen molar-refractivity contribution in [2.45, 2.75) is 12.0 Å². The van der Waals surface area contributed by atoms with Gasteiger partial charge in [0.1, 0.15) is 0 Å². The Balaban J connectivity index is 1.44. The third kappa shape index (κ3) is 5.41. The van der Waals surface area contributed by atoms with Crippen molar-refractivity contribution in [1.29, 1.82) is 0 Å². The zero-order valence-corrected chi connectivity index (χ0v) is 26.7. The molecule has 0 radical (unpaired) electrons. The second kappa shape index (κ2) is 12.8. The van der Waals surface area contributed by atoms with Crippen LogP contribution in [0.25, 0.3) is 0 Å². The van der Waals surface area contributed by atoms with Crippen LogP contribution in [0.15, 0.2) is 182 Å². The van der Waals surface area contributed by atoms with Crippen LogP contribution in [-0.2, 0) is 10.3 Å². The molecule has 0 N–H and O–H groups in total. The SMILES string of the molecule is BrP(CCCOC(c1ccccc1)(c1ccccc1)c1ccccc1)(c1ccccc1)(c1ccccc1)c1ccccc1. The summed E-state index contributed by atoms with van der Waals surface area (Å²) in [7, 11) is 0. The van der Waals surface area contributed by atoms with Gasteiger partial charge in [-0.25, -0.2) is 0 Å². The molecule has 214 valence electrons. The molecule has 1 nitrogen and oxygen atoms in total. The molecule has 3 heteroatoms. The minimum atomic E-state index is -3.05. The third-order valence-electron chi connectivity index (χ3n) is 8.47. The predicted octanol–water partition coefficient (Wildman–Crippen LogP) is 9.22. The first-order valence-corrected chi connectivity index (χ1v) is 19.3. The van der Waals surface area contributed by atoms with E-state index in [2.05, 4.69) is 197 Å². The Hall–Kier alpha value is -3.81. The van der Waals surface area contributed by atoms with E-state index in [1.807, 2.05) is 0 Å². The van der Waals surface area contributed by atoms with Crippen molar-refractivity contribution in [2.24, 2.45) is 0 Å². The molecule has 6 aromatic rings. The molecule has 6 rings (SSSR count). The van der Waals surface area contributed by atoms with Gasteiger partial charge in [0.2, 0.25) is 0 Å². The monoisotopic (exact) mass is 642 g/mol. The van der Waals surface area contributed by atoms with Gasteiger partial charge < -0.3 is 0 Å². The second-order valence-electron chi connectivity index (χ2n) is 10.9. The van der Waals surface area contributed by atoms with Gasteiger partial charge >= 0.3 is 265 Å². The zero-order valence-electron chi connectivity index (χ0n) is 24.2. The summed E-state index contributed by atoms with van der Waals surface area (Å²) in [5.41, 5.74) is 2.63. The van der Waals surface area contributed by atoms with Crippen LogP contribution >= 0.6 is 20.8 Å². The summed E-state index contributed by atoms with van der Waals surface area (Å²) < 4.78 is 7.24. The van der Waals surface area contributed by atoms with E-state index < -0.39 is 10.9 Å². The van der Waals surface area contributed by atoms with E-state index in [1.165, 1.54) is 15.9 Å². The molecule has 0 unspecified atom stereocenters. The van der Waals surface area contributed by atoms with Crippen molar-refractivity contribution in [1.82, 2.24) is 0 Å². The normalized spacial score (nSPS) is 12.7. The van der Waals surface area contributed by atoms with E-state index in [9.17, 15) is 0 Å². The summed E-state index contributed by atoms with van der Waals surface area (Å²) in [6.45, 7) is 0.578. The van der Waals surface area contributed by atoms with Gasteiger partial charge in [0.15, 0.2) is 0 Å². The summed E-state index contributed by atoms with van der Waals surface area (Å²) in [5.74, 6) is 0. The maximum absolute atomic E-state index is 7.24. The van der Waals surface area contributed by atoms with Crippen LogP contribution in [0, 0.1) is 0 Å². The number of ether oxygens (including phenoxy) is 1. The number of rotatable bonds is 11. The van der Waals surface area contributed by atoms with Gasteiger partial charge in [-0.3, -0.25) is 0 Å². The fourth-order valence-electron chi connectivity index (χ4n) is 6.41. The van der Waals surface area contributed by atoms with Gasteiger partial charge in [-0.1, -0.05) is 0 Å². The van der Waals surface area contributed by atoms with E-state index in [4.69, 9.17) is 4.74 Å². The summed E-state index contributed by atoms with van der Waals surface area (Å²) in [6.07, 6.45) is 1.77. The molecule has 0 bridgehead atoms. The van der Waals surface area contributed by atoms with Gasteiger partial charge in [-0.2, -0.15) is 0 Å². The first-order chi connectivity index (χ1) is 21.2. The van der Waals surface area contributed by atoms with Crippen LogP contribution in [0.2, 0.25) is 0 Å². The molecular formula is C40H36BrOP. The Kier molecular flexibility index (Phi) is 8.73. The topological polar surface area (TPSA) is 9.23 Å². The molecule has 0 aliphatic rings. The molecule has 0 atom stereocenters. The Morgan fingerprint density at radius 2 is 0.698 bits per heavy atom. The summed E-state index contributed by atoms with van der Waals surface area (Å²) in [6, 6.07) is 64.9. The molecule has 0 heterocycles. The van der Waals surface area contributed by atoms with Crippen LogP contribution < -0.4 is 15.9 Å². The van der Waals surface area contributed by atoms with Crippen LogP contribution in [-0.4, -0.2) is 12.8 Å². The van der Waals surface area contributed by atoms with Crippen molar-refractivity contribution in [3.05, 3.63) is 199 Å². The van der Waals surface area contributed by atoms with Gasteiger partial charge in [-0.15, -0.1) is 0 Å². The first-order valence-electron chi connectivity index (χ1n) is 14.9. The molecule has 0 fully saturated rings. The average Bonchev–Trinajstić information content (AvgIpc) is 3.11. The number of hydrogen-bond acceptors (Lipinski definition) is 1. The molecular weight excluding hydrogens is 607 g/mol. The van der Waals surface area contributed by atoms with Crippen molar-refractivity contribution in [3.63, 3.8) is 0 Å². The summed E-state index contributed by atoms with van der Waals surface area (Å²) >= 11 is 4.61. The van der Waals surface area contributed by atoms with Crippen molar-refractivity contribution in [2.75, 3.05) is 12.8 Å². The van der Waals surface area contributed by atoms with E-state index in [0.29, 0.717) is 6.61 Å². The Morgan fingerprint density at radius 3 is 1.00 bits per heavy atom. The van der Waals surface area contributed by atoms with Gasteiger partial charge in [-0.05, 0) is 0 Å². The van der Waals surface area contributed by atoms with Crippen LogP contribution in [0.4, 0.5) is 0 Å². The van der Waals surface area contributed by atoms with Gasteiger partial charge in [0.25, 0.3) is 0 Å². The van der Waals surface area contributed by atoms with Crippen molar-refractivity contribution in [3.8, 4) is 0 Å². The van der Waals surface area contributed by atoms with Gasteiger partial charge in [0, 0.05) is 0 Å². The van der Waals surface area contributed by atoms with Crippen molar-refractivity contribution >= 4 is 36.7 Å². The van der Waals surface area contributed by atoms with Crippen molar-refractivity contribution < 1.29 is 4.74 Å². The van der Waals surface area contributed by atoms with E-state index in [1.54, 1.807) is 0 Å². The third-order valence-corrected chi connectivity index (χ3v) is 18.5. The molecule has 0 aromatic heterocycles. The fraction of sp³-hybridized carbons (Fsp3) is 0.100. The standard InChI is InChI=1S/C40H36BrOP/c41-43(37-26-13-4-14-27-37,38-28-15-5-16-29-38,39-30-17-6-18-31-39)33-19-32-42-40(34-20-7-1-8-21-34,35-22-9-2-10-23-35)36-24-11-3-12-25-36/h1-18,20-31H,19,32-33H2. The molecule has 43 heavy (non-hydrogen) atoms. The van der Waals surface area contributed by atoms with Crippen LogP contribution in [0.5, 0.6) is 0 Å². The van der Waals surface area contributed by atoms with E-state index >= 15 is 0 Å². The number of hydrogen-bond donors (Lipinski definition) is 0. The van der Waals surface area contributed by atoms with Crippen LogP contribution in [0.3, 0.4) is 0 Å². The van der Waals surface area contributed by atoms with Gasteiger partial charge in [0.05, 0.1) is 0 Å². The molecule has 0 saturated carbocycles. The molecule has 0 amide bonds. The molecule has 0 aliphatic carbocycles. The number of halogens is 1. The average molecular weight is 644 g/mol. The first kappa shape index (κ1) is 29.3. The summed E-state index contributed by atoms with van der Waals surface area (Å²) in [5, 5.41) is 0.928. The maximum atomic E-state index is 7.24. The second-order valence-corrected chi connectivity index (χ2v) is 20.0. The van der Waals surface area contributed by atoms with E-state index in [-0.39, 0.29) is 0 Å². The molecule has 0 saturated heterocycles. The predicted molar refractivity (Wildman–Crippen MR) is 189 cm³/mol. The Bertz CT molecular complexity index is 1510. The zero-order chi connectivity index (χ0) is 29.5. The minimum absolute atomic E-state index is 0.578. The fourth-order valence-corrected chi connectivity index (χ4v) is 14.1. The number of benzene rings is 6.